The fourth-order valence-corrected chi connectivity index (χ4v) is 3.62. The molecular weight excluding hydrogens is 324 g/mol. The molecule has 0 atom stereocenters. The Morgan fingerprint density at radius 2 is 1.58 bits per heavy atom. The molecule has 0 unspecified atom stereocenters. The van der Waals surface area contributed by atoms with E-state index in [-0.39, 0.29) is 11.6 Å². The number of ether oxygens (including phenoxy) is 1. The molecule has 1 aliphatic carbocycles. The molecule has 3 heteroatoms. The van der Waals surface area contributed by atoms with E-state index in [4.69, 9.17) is 4.74 Å². The molecule has 0 amide bonds. The lowest BCUT2D eigenvalue weighted by Crippen LogP contribution is -2.46. The maximum absolute atomic E-state index is 13.2. The highest BCUT2D eigenvalue weighted by atomic mass is 16.5. The lowest BCUT2D eigenvalue weighted by molar-refractivity contribution is -0.116. The van der Waals surface area contributed by atoms with Crippen LogP contribution in [0.5, 0.6) is 5.75 Å². The van der Waals surface area contributed by atoms with Crippen molar-refractivity contribution < 1.29 is 14.3 Å². The van der Waals surface area contributed by atoms with E-state index in [1.54, 1.807) is 6.92 Å². The average molecular weight is 350 g/mol. The van der Waals surface area contributed by atoms with Crippen LogP contribution in [-0.2, 0) is 11.2 Å². The Morgan fingerprint density at radius 3 is 2.19 bits per heavy atom. The van der Waals surface area contributed by atoms with Crippen LogP contribution in [-0.4, -0.2) is 17.2 Å². The minimum Gasteiger partial charge on any atom is -0.479 e. The highest BCUT2D eigenvalue weighted by Crippen LogP contribution is 2.36. The van der Waals surface area contributed by atoms with Crippen molar-refractivity contribution in [3.8, 4) is 5.75 Å². The van der Waals surface area contributed by atoms with Crippen molar-refractivity contribution in [2.45, 2.75) is 57.5 Å². The topological polar surface area (TPSA) is 43.4 Å². The number of hydrogen-bond acceptors (Lipinski definition) is 3. The molecule has 26 heavy (non-hydrogen) atoms. The van der Waals surface area contributed by atoms with Crippen LogP contribution in [0.4, 0.5) is 0 Å². The van der Waals surface area contributed by atoms with Crippen LogP contribution in [0.15, 0.2) is 54.6 Å². The second-order valence-electron chi connectivity index (χ2n) is 7.20. The second-order valence-corrected chi connectivity index (χ2v) is 7.20. The van der Waals surface area contributed by atoms with Crippen LogP contribution in [0.3, 0.4) is 0 Å². The van der Waals surface area contributed by atoms with Gasteiger partial charge < -0.3 is 9.53 Å². The Bertz CT molecular complexity index is 741. The molecule has 0 aliphatic heterocycles. The first-order valence-corrected chi connectivity index (χ1v) is 9.46. The molecule has 1 aliphatic rings. The van der Waals surface area contributed by atoms with Gasteiger partial charge in [0, 0.05) is 12.0 Å². The highest BCUT2D eigenvalue weighted by molar-refractivity contribution is 6.02. The Kier molecular flexibility index (Phi) is 5.87. The summed E-state index contributed by atoms with van der Waals surface area (Å²) in [6.45, 7) is 1.61. The summed E-state index contributed by atoms with van der Waals surface area (Å²) in [7, 11) is 0. The molecule has 0 heterocycles. The maximum atomic E-state index is 13.2. The minimum absolute atomic E-state index is 0.0819. The standard InChI is InChI=1S/C23H26O3/c1-18(24)10-11-19-12-14-21(15-13-19)26-23(16-6-3-7-17-23)22(25)20-8-4-2-5-9-20/h2,4-5,8-9,12-15H,3,6-7,10-11,16-17H2,1H3. The van der Waals surface area contributed by atoms with Crippen LogP contribution >= 0.6 is 0 Å². The number of carbonyl (C=O) groups excluding carboxylic acids is 2. The van der Waals surface area contributed by atoms with Crippen molar-refractivity contribution in [2.75, 3.05) is 0 Å². The Hall–Kier alpha value is -2.42. The van der Waals surface area contributed by atoms with Gasteiger partial charge in [0.1, 0.15) is 11.5 Å². The van der Waals surface area contributed by atoms with Crippen molar-refractivity contribution in [3.63, 3.8) is 0 Å². The van der Waals surface area contributed by atoms with E-state index in [1.807, 2.05) is 54.6 Å². The van der Waals surface area contributed by atoms with Gasteiger partial charge in [0.2, 0.25) is 5.78 Å². The van der Waals surface area contributed by atoms with Gasteiger partial charge in [0.25, 0.3) is 0 Å². The lowest BCUT2D eigenvalue weighted by atomic mass is 9.79. The fourth-order valence-electron chi connectivity index (χ4n) is 3.62. The third-order valence-corrected chi connectivity index (χ3v) is 5.11. The maximum Gasteiger partial charge on any atom is 0.206 e. The molecule has 3 nitrogen and oxygen atoms in total. The smallest absolute Gasteiger partial charge is 0.206 e. The summed E-state index contributed by atoms with van der Waals surface area (Å²) < 4.78 is 6.32. The number of Topliss-reactive ketones (excluding diaryl/α,β-unsaturated/α-hetero) is 2. The quantitative estimate of drug-likeness (QED) is 0.647. The van der Waals surface area contributed by atoms with Gasteiger partial charge in [-0.3, -0.25) is 4.79 Å². The number of rotatable bonds is 7. The van der Waals surface area contributed by atoms with Gasteiger partial charge in [0.15, 0.2) is 5.60 Å². The van der Waals surface area contributed by atoms with Gasteiger partial charge in [0.05, 0.1) is 0 Å². The SMILES string of the molecule is CC(=O)CCc1ccc(OC2(C(=O)c3ccccc3)CCCCC2)cc1. The first kappa shape index (κ1) is 18.4. The molecule has 0 spiro atoms. The first-order chi connectivity index (χ1) is 12.6. The zero-order valence-corrected chi connectivity index (χ0v) is 15.4. The molecular formula is C23H26O3. The Labute approximate surface area is 155 Å². The lowest BCUT2D eigenvalue weighted by Gasteiger charge is -2.36. The normalized spacial score (nSPS) is 16.0. The van der Waals surface area contributed by atoms with E-state index in [1.165, 1.54) is 0 Å². The van der Waals surface area contributed by atoms with Crippen LogP contribution in [0.2, 0.25) is 0 Å². The van der Waals surface area contributed by atoms with Gasteiger partial charge in [-0.2, -0.15) is 0 Å². The van der Waals surface area contributed by atoms with E-state index in [2.05, 4.69) is 0 Å². The number of aryl methyl sites for hydroxylation is 1. The Morgan fingerprint density at radius 1 is 0.923 bits per heavy atom. The van der Waals surface area contributed by atoms with Gasteiger partial charge in [-0.05, 0) is 56.7 Å². The summed E-state index contributed by atoms with van der Waals surface area (Å²) in [6, 6.07) is 17.3. The monoisotopic (exact) mass is 350 g/mol. The predicted molar refractivity (Wildman–Crippen MR) is 103 cm³/mol. The zero-order valence-electron chi connectivity index (χ0n) is 15.4. The number of hydrogen-bond donors (Lipinski definition) is 0. The molecule has 0 radical (unpaired) electrons. The van der Waals surface area contributed by atoms with E-state index < -0.39 is 5.60 Å². The van der Waals surface area contributed by atoms with E-state index >= 15 is 0 Å². The van der Waals surface area contributed by atoms with Crippen molar-refractivity contribution in [1.82, 2.24) is 0 Å². The molecule has 0 bridgehead atoms. The zero-order chi connectivity index (χ0) is 18.4. The molecule has 0 aromatic heterocycles. The molecule has 3 rings (SSSR count). The molecule has 0 saturated heterocycles. The van der Waals surface area contributed by atoms with E-state index in [9.17, 15) is 9.59 Å². The molecule has 2 aromatic rings. The summed E-state index contributed by atoms with van der Waals surface area (Å²) >= 11 is 0. The predicted octanol–water partition coefficient (Wildman–Crippen LogP) is 5.17. The largest absolute Gasteiger partial charge is 0.479 e. The first-order valence-electron chi connectivity index (χ1n) is 9.46. The van der Waals surface area contributed by atoms with Gasteiger partial charge >= 0.3 is 0 Å². The third-order valence-electron chi connectivity index (χ3n) is 5.11. The summed E-state index contributed by atoms with van der Waals surface area (Å²) in [6.07, 6.45) is 5.97. The van der Waals surface area contributed by atoms with Crippen LogP contribution < -0.4 is 4.74 Å². The average Bonchev–Trinajstić information content (AvgIpc) is 2.68. The molecule has 2 aromatic carbocycles. The second kappa shape index (κ2) is 8.31. The van der Waals surface area contributed by atoms with Crippen molar-refractivity contribution in [2.24, 2.45) is 0 Å². The summed E-state index contributed by atoms with van der Waals surface area (Å²) in [5, 5.41) is 0. The minimum atomic E-state index is -0.763. The van der Waals surface area contributed by atoms with Gasteiger partial charge in [-0.1, -0.05) is 48.9 Å². The van der Waals surface area contributed by atoms with Crippen LogP contribution in [0.1, 0.15) is 61.4 Å². The van der Waals surface area contributed by atoms with E-state index in [0.717, 1.165) is 49.8 Å². The summed E-state index contributed by atoms with van der Waals surface area (Å²) in [5.41, 5.74) is 1.06. The molecule has 0 N–H and O–H groups in total. The van der Waals surface area contributed by atoms with Gasteiger partial charge in [-0.15, -0.1) is 0 Å². The van der Waals surface area contributed by atoms with Crippen LogP contribution in [0.25, 0.3) is 0 Å². The highest BCUT2D eigenvalue weighted by Gasteiger charge is 2.42. The van der Waals surface area contributed by atoms with Gasteiger partial charge in [-0.25, -0.2) is 0 Å². The van der Waals surface area contributed by atoms with E-state index in [0.29, 0.717) is 12.0 Å². The Balaban J connectivity index is 1.78. The fraction of sp³-hybridized carbons (Fsp3) is 0.391. The third kappa shape index (κ3) is 4.40. The number of ketones is 2. The van der Waals surface area contributed by atoms with Crippen LogP contribution in [0, 0.1) is 0 Å². The van der Waals surface area contributed by atoms with Crippen molar-refractivity contribution in [3.05, 3.63) is 65.7 Å². The molecule has 1 fully saturated rings. The molecule has 1 saturated carbocycles. The molecule has 136 valence electrons. The number of carbonyl (C=O) groups is 2. The van der Waals surface area contributed by atoms with Crippen molar-refractivity contribution >= 4 is 11.6 Å². The number of benzene rings is 2. The van der Waals surface area contributed by atoms with Crippen molar-refractivity contribution in [1.29, 1.82) is 0 Å². The summed E-state index contributed by atoms with van der Waals surface area (Å²) in [5.74, 6) is 1.00. The summed E-state index contributed by atoms with van der Waals surface area (Å²) in [4.78, 5) is 24.3.